The molecular formula is C18H22N8O4. The topological polar surface area (TPSA) is 128 Å². The van der Waals surface area contributed by atoms with Crippen LogP contribution in [0.3, 0.4) is 0 Å². The van der Waals surface area contributed by atoms with E-state index in [0.717, 1.165) is 18.8 Å². The van der Waals surface area contributed by atoms with Gasteiger partial charge < -0.3 is 19.4 Å². The molecule has 1 amide bonds. The first-order chi connectivity index (χ1) is 14.5. The van der Waals surface area contributed by atoms with Gasteiger partial charge in [-0.3, -0.25) is 9.69 Å². The summed E-state index contributed by atoms with van der Waals surface area (Å²) in [6, 6.07) is 3.38. The SMILES string of the molecule is Cc1ncc([N+](=O)[O-])n1CCn1cc(CN2CCN(C(=O)c3ccco3)CC2)nn1. The maximum absolute atomic E-state index is 12.3. The normalized spacial score (nSPS) is 14.9. The highest BCUT2D eigenvalue weighted by Crippen LogP contribution is 2.14. The molecule has 1 aliphatic rings. The number of carbonyl (C=O) groups is 1. The zero-order valence-electron chi connectivity index (χ0n) is 16.5. The standard InChI is InChI=1S/C18H22N8O4/c1-14-19-11-17(26(28)29)25(14)9-8-24-13-15(20-21-24)12-22-4-6-23(7-5-22)18(27)16-3-2-10-30-16/h2-3,10-11,13H,4-9,12H2,1H3. The van der Waals surface area contributed by atoms with E-state index in [4.69, 9.17) is 4.42 Å². The molecule has 1 saturated heterocycles. The second kappa shape index (κ2) is 8.45. The highest BCUT2D eigenvalue weighted by atomic mass is 16.6. The van der Waals surface area contributed by atoms with Crippen LogP contribution in [0.25, 0.3) is 0 Å². The van der Waals surface area contributed by atoms with E-state index < -0.39 is 4.92 Å². The number of amides is 1. The second-order valence-electron chi connectivity index (χ2n) is 7.09. The number of furan rings is 1. The van der Waals surface area contributed by atoms with Crippen molar-refractivity contribution in [3.05, 3.63) is 58.2 Å². The lowest BCUT2D eigenvalue weighted by Gasteiger charge is -2.33. The highest BCUT2D eigenvalue weighted by molar-refractivity contribution is 5.91. The Morgan fingerprint density at radius 1 is 1.27 bits per heavy atom. The Balaban J connectivity index is 1.28. The van der Waals surface area contributed by atoms with E-state index in [9.17, 15) is 14.9 Å². The molecule has 4 rings (SSSR count). The third-order valence-corrected chi connectivity index (χ3v) is 5.14. The Labute approximate surface area is 171 Å². The lowest BCUT2D eigenvalue weighted by atomic mass is 10.2. The van der Waals surface area contributed by atoms with Crippen LogP contribution < -0.4 is 0 Å². The number of aryl methyl sites for hydroxylation is 2. The Morgan fingerprint density at radius 2 is 2.07 bits per heavy atom. The molecule has 0 atom stereocenters. The van der Waals surface area contributed by atoms with E-state index in [1.165, 1.54) is 12.5 Å². The van der Waals surface area contributed by atoms with Crippen molar-refractivity contribution in [1.29, 1.82) is 0 Å². The maximum atomic E-state index is 12.3. The number of aromatic nitrogens is 5. The summed E-state index contributed by atoms with van der Waals surface area (Å²) in [5.41, 5.74) is 0.817. The summed E-state index contributed by atoms with van der Waals surface area (Å²) in [4.78, 5) is 31.0. The zero-order chi connectivity index (χ0) is 21.1. The van der Waals surface area contributed by atoms with Crippen LogP contribution in [-0.2, 0) is 19.6 Å². The first-order valence-electron chi connectivity index (χ1n) is 9.62. The molecule has 1 aliphatic heterocycles. The molecule has 0 unspecified atom stereocenters. The van der Waals surface area contributed by atoms with Crippen molar-refractivity contribution >= 4 is 11.7 Å². The summed E-state index contributed by atoms with van der Waals surface area (Å²) < 4.78 is 8.41. The maximum Gasteiger partial charge on any atom is 0.342 e. The predicted octanol–water partition coefficient (Wildman–Crippen LogP) is 0.942. The van der Waals surface area contributed by atoms with Gasteiger partial charge in [-0.25, -0.2) is 14.2 Å². The van der Waals surface area contributed by atoms with E-state index in [0.29, 0.717) is 44.3 Å². The fourth-order valence-electron chi connectivity index (χ4n) is 3.50. The van der Waals surface area contributed by atoms with Crippen molar-refractivity contribution in [1.82, 2.24) is 34.3 Å². The van der Waals surface area contributed by atoms with Crippen molar-refractivity contribution in [2.75, 3.05) is 26.2 Å². The lowest BCUT2D eigenvalue weighted by molar-refractivity contribution is -0.392. The highest BCUT2D eigenvalue weighted by Gasteiger charge is 2.24. The van der Waals surface area contributed by atoms with Gasteiger partial charge in [0.25, 0.3) is 5.91 Å². The fourth-order valence-corrected chi connectivity index (χ4v) is 3.50. The molecule has 0 aliphatic carbocycles. The van der Waals surface area contributed by atoms with Crippen LogP contribution in [0.2, 0.25) is 0 Å². The van der Waals surface area contributed by atoms with Gasteiger partial charge in [-0.15, -0.1) is 5.10 Å². The average Bonchev–Trinajstić information content (AvgIpc) is 3.48. The third-order valence-electron chi connectivity index (χ3n) is 5.14. The Hall–Kier alpha value is -3.54. The molecule has 0 radical (unpaired) electrons. The van der Waals surface area contributed by atoms with Crippen molar-refractivity contribution in [3.8, 4) is 0 Å². The number of carbonyl (C=O) groups excluding carboxylic acids is 1. The Kier molecular flexibility index (Phi) is 5.57. The fraction of sp³-hybridized carbons (Fsp3) is 0.444. The van der Waals surface area contributed by atoms with Gasteiger partial charge in [0, 0.05) is 45.8 Å². The van der Waals surface area contributed by atoms with Crippen LogP contribution in [0.1, 0.15) is 22.1 Å². The molecule has 158 valence electrons. The molecule has 12 nitrogen and oxygen atoms in total. The van der Waals surface area contributed by atoms with Crippen LogP contribution in [0, 0.1) is 17.0 Å². The van der Waals surface area contributed by atoms with Crippen molar-refractivity contribution in [2.45, 2.75) is 26.6 Å². The van der Waals surface area contributed by atoms with Gasteiger partial charge in [-0.2, -0.15) is 0 Å². The minimum atomic E-state index is -0.441. The molecule has 3 aromatic rings. The number of hydrogen-bond donors (Lipinski definition) is 0. The van der Waals surface area contributed by atoms with Gasteiger partial charge in [-0.1, -0.05) is 5.21 Å². The van der Waals surface area contributed by atoms with E-state index in [1.807, 2.05) is 6.20 Å². The molecule has 0 saturated carbocycles. The molecular weight excluding hydrogens is 392 g/mol. The number of piperazine rings is 1. The summed E-state index contributed by atoms with van der Waals surface area (Å²) >= 11 is 0. The molecule has 4 heterocycles. The summed E-state index contributed by atoms with van der Waals surface area (Å²) in [6.07, 6.45) is 4.61. The van der Waals surface area contributed by atoms with Gasteiger partial charge in [0.2, 0.25) is 0 Å². The molecule has 0 N–H and O–H groups in total. The van der Waals surface area contributed by atoms with Gasteiger partial charge >= 0.3 is 5.82 Å². The number of nitro groups is 1. The van der Waals surface area contributed by atoms with Crippen LogP contribution in [0.15, 0.2) is 35.2 Å². The first kappa shape index (κ1) is 19.8. The Bertz CT molecular complexity index is 1020. The summed E-state index contributed by atoms with van der Waals surface area (Å²) in [5.74, 6) is 0.827. The molecule has 0 bridgehead atoms. The van der Waals surface area contributed by atoms with E-state index in [-0.39, 0.29) is 11.7 Å². The van der Waals surface area contributed by atoms with Gasteiger partial charge in [-0.05, 0) is 17.1 Å². The Morgan fingerprint density at radius 3 is 2.77 bits per heavy atom. The lowest BCUT2D eigenvalue weighted by Crippen LogP contribution is -2.48. The number of nitrogens with zero attached hydrogens (tertiary/aromatic N) is 8. The van der Waals surface area contributed by atoms with E-state index >= 15 is 0 Å². The third kappa shape index (κ3) is 4.22. The van der Waals surface area contributed by atoms with Crippen LogP contribution in [0.5, 0.6) is 0 Å². The van der Waals surface area contributed by atoms with Gasteiger partial charge in [0.05, 0.1) is 18.5 Å². The average molecular weight is 414 g/mol. The van der Waals surface area contributed by atoms with Gasteiger partial charge in [0.15, 0.2) is 11.6 Å². The quantitative estimate of drug-likeness (QED) is 0.413. The van der Waals surface area contributed by atoms with E-state index in [2.05, 4.69) is 20.2 Å². The predicted molar refractivity (Wildman–Crippen MR) is 104 cm³/mol. The van der Waals surface area contributed by atoms with Crippen LogP contribution in [-0.4, -0.2) is 71.4 Å². The summed E-state index contributed by atoms with van der Waals surface area (Å²) in [6.45, 7) is 5.92. The molecule has 1 fully saturated rings. The van der Waals surface area contributed by atoms with E-state index in [1.54, 1.807) is 33.2 Å². The minimum Gasteiger partial charge on any atom is -0.459 e. The molecule has 30 heavy (non-hydrogen) atoms. The largest absolute Gasteiger partial charge is 0.459 e. The second-order valence-corrected chi connectivity index (χ2v) is 7.09. The molecule has 3 aromatic heterocycles. The molecule has 0 aromatic carbocycles. The van der Waals surface area contributed by atoms with Gasteiger partial charge in [0.1, 0.15) is 12.7 Å². The smallest absolute Gasteiger partial charge is 0.342 e. The first-order valence-corrected chi connectivity index (χ1v) is 9.62. The molecule has 12 heteroatoms. The van der Waals surface area contributed by atoms with Crippen molar-refractivity contribution in [3.63, 3.8) is 0 Å². The summed E-state index contributed by atoms with van der Waals surface area (Å²) in [7, 11) is 0. The minimum absolute atomic E-state index is 0.0326. The van der Waals surface area contributed by atoms with Crippen molar-refractivity contribution < 1.29 is 14.1 Å². The monoisotopic (exact) mass is 414 g/mol. The number of hydrogen-bond acceptors (Lipinski definition) is 8. The number of rotatable bonds is 7. The van der Waals surface area contributed by atoms with Crippen LogP contribution >= 0.6 is 0 Å². The molecule has 0 spiro atoms. The van der Waals surface area contributed by atoms with Crippen molar-refractivity contribution in [2.24, 2.45) is 0 Å². The zero-order valence-corrected chi connectivity index (χ0v) is 16.5. The van der Waals surface area contributed by atoms with Crippen LogP contribution in [0.4, 0.5) is 5.82 Å². The number of imidazole rings is 1. The summed E-state index contributed by atoms with van der Waals surface area (Å²) in [5, 5.41) is 19.4.